The van der Waals surface area contributed by atoms with E-state index in [4.69, 9.17) is 4.74 Å². The second-order valence-electron chi connectivity index (χ2n) is 4.56. The molecule has 0 unspecified atom stereocenters. The average Bonchev–Trinajstić information content (AvgIpc) is 2.42. The largest absolute Gasteiger partial charge is 0.439 e. The van der Waals surface area contributed by atoms with E-state index in [-0.39, 0.29) is 4.90 Å². The quantitative estimate of drug-likeness (QED) is 0.913. The van der Waals surface area contributed by atoms with Crippen molar-refractivity contribution < 1.29 is 13.2 Å². The third-order valence-electron chi connectivity index (χ3n) is 2.71. The Labute approximate surface area is 124 Å². The first-order chi connectivity index (χ1) is 9.90. The molecule has 1 heterocycles. The first-order valence-corrected chi connectivity index (χ1v) is 8.35. The van der Waals surface area contributed by atoms with Gasteiger partial charge in [-0.25, -0.2) is 13.4 Å². The minimum absolute atomic E-state index is 0.207. The fraction of sp³-hybridized carbons (Fsp3) is 0.286. The van der Waals surface area contributed by atoms with Crippen molar-refractivity contribution in [3.63, 3.8) is 0 Å². The monoisotopic (exact) mass is 307 g/mol. The maximum absolute atomic E-state index is 11.6. The third-order valence-corrected chi connectivity index (χ3v) is 3.82. The lowest BCUT2D eigenvalue weighted by Crippen LogP contribution is -2.04. The number of sulfone groups is 1. The maximum Gasteiger partial charge on any atom is 0.226 e. The molecule has 0 saturated heterocycles. The molecule has 2 rings (SSSR count). The zero-order valence-corrected chi connectivity index (χ0v) is 12.9. The van der Waals surface area contributed by atoms with Crippen LogP contribution in [0.2, 0.25) is 0 Å². The van der Waals surface area contributed by atoms with Crippen LogP contribution in [0.4, 0.5) is 5.95 Å². The van der Waals surface area contributed by atoms with Gasteiger partial charge in [-0.2, -0.15) is 4.98 Å². The summed E-state index contributed by atoms with van der Waals surface area (Å²) in [5.41, 5.74) is 0.765. The summed E-state index contributed by atoms with van der Waals surface area (Å²) in [6, 6.07) is 6.32. The van der Waals surface area contributed by atoms with Gasteiger partial charge in [-0.15, -0.1) is 0 Å². The fourth-order valence-corrected chi connectivity index (χ4v) is 2.31. The summed E-state index contributed by atoms with van der Waals surface area (Å²) in [6.07, 6.45) is 2.81. The molecule has 1 aromatic carbocycles. The van der Waals surface area contributed by atoms with E-state index in [2.05, 4.69) is 15.3 Å². The predicted molar refractivity (Wildman–Crippen MR) is 80.6 cm³/mol. The Morgan fingerprint density at radius 2 is 2.10 bits per heavy atom. The van der Waals surface area contributed by atoms with Crippen molar-refractivity contribution in [2.24, 2.45) is 0 Å². The van der Waals surface area contributed by atoms with Crippen molar-refractivity contribution >= 4 is 15.8 Å². The fourth-order valence-electron chi connectivity index (χ4n) is 1.65. The lowest BCUT2D eigenvalue weighted by Gasteiger charge is -2.10. The van der Waals surface area contributed by atoms with Crippen molar-refractivity contribution in [2.75, 3.05) is 18.1 Å². The second-order valence-corrected chi connectivity index (χ2v) is 6.58. The smallest absolute Gasteiger partial charge is 0.226 e. The molecule has 0 bridgehead atoms. The Morgan fingerprint density at radius 1 is 1.33 bits per heavy atom. The topological polar surface area (TPSA) is 81.2 Å². The molecule has 1 aromatic heterocycles. The highest BCUT2D eigenvalue weighted by Crippen LogP contribution is 2.25. The van der Waals surface area contributed by atoms with Gasteiger partial charge in [0.1, 0.15) is 5.75 Å². The van der Waals surface area contributed by atoms with Gasteiger partial charge >= 0.3 is 0 Å². The molecule has 112 valence electrons. The molecule has 0 atom stereocenters. The van der Waals surface area contributed by atoms with Gasteiger partial charge in [0.15, 0.2) is 9.84 Å². The lowest BCUT2D eigenvalue weighted by atomic mass is 10.3. The molecule has 0 saturated carbocycles. The van der Waals surface area contributed by atoms with E-state index in [0.717, 1.165) is 11.8 Å². The van der Waals surface area contributed by atoms with Crippen LogP contribution >= 0.6 is 0 Å². The standard InChI is InChI=1S/C14H17N3O3S/c1-4-15-14-16-9-10(2)13(17-14)20-11-6-5-7-12(8-11)21(3,18)19/h5-9H,4H2,1-3H3,(H,15,16,17). The number of benzene rings is 1. The number of rotatable bonds is 5. The van der Waals surface area contributed by atoms with Gasteiger partial charge in [-0.05, 0) is 32.0 Å². The van der Waals surface area contributed by atoms with E-state index < -0.39 is 9.84 Å². The van der Waals surface area contributed by atoms with Crippen LogP contribution in [0.15, 0.2) is 35.4 Å². The summed E-state index contributed by atoms with van der Waals surface area (Å²) in [5, 5.41) is 3.00. The van der Waals surface area contributed by atoms with Crippen LogP contribution in [0.1, 0.15) is 12.5 Å². The minimum Gasteiger partial charge on any atom is -0.439 e. The highest BCUT2D eigenvalue weighted by molar-refractivity contribution is 7.90. The molecule has 21 heavy (non-hydrogen) atoms. The van der Waals surface area contributed by atoms with Gasteiger partial charge < -0.3 is 10.1 Å². The third kappa shape index (κ3) is 3.91. The number of anilines is 1. The Bertz CT molecular complexity index is 745. The molecule has 0 aliphatic heterocycles. The highest BCUT2D eigenvalue weighted by atomic mass is 32.2. The van der Waals surface area contributed by atoms with Crippen LogP contribution in [-0.4, -0.2) is 31.2 Å². The van der Waals surface area contributed by atoms with Crippen LogP contribution in [0.25, 0.3) is 0 Å². The number of nitrogens with one attached hydrogen (secondary N) is 1. The van der Waals surface area contributed by atoms with E-state index in [9.17, 15) is 8.42 Å². The SMILES string of the molecule is CCNc1ncc(C)c(Oc2cccc(S(C)(=O)=O)c2)n1. The van der Waals surface area contributed by atoms with Crippen molar-refractivity contribution in [1.29, 1.82) is 0 Å². The molecule has 0 aliphatic carbocycles. The Balaban J connectivity index is 2.32. The summed E-state index contributed by atoms with van der Waals surface area (Å²) >= 11 is 0. The normalized spacial score (nSPS) is 11.2. The number of aromatic nitrogens is 2. The van der Waals surface area contributed by atoms with Crippen LogP contribution < -0.4 is 10.1 Å². The van der Waals surface area contributed by atoms with Gasteiger partial charge in [0.05, 0.1) is 4.90 Å². The number of hydrogen-bond donors (Lipinski definition) is 1. The van der Waals surface area contributed by atoms with E-state index >= 15 is 0 Å². The summed E-state index contributed by atoms with van der Waals surface area (Å²) in [5.74, 6) is 1.28. The Morgan fingerprint density at radius 3 is 2.76 bits per heavy atom. The first kappa shape index (κ1) is 15.2. The summed E-state index contributed by atoms with van der Waals surface area (Å²) in [7, 11) is -3.27. The zero-order valence-electron chi connectivity index (χ0n) is 12.1. The number of aryl methyl sites for hydroxylation is 1. The molecule has 1 N–H and O–H groups in total. The Hall–Kier alpha value is -2.15. The molecular weight excluding hydrogens is 290 g/mol. The van der Waals surface area contributed by atoms with Crippen LogP contribution in [0.5, 0.6) is 11.6 Å². The predicted octanol–water partition coefficient (Wildman–Crippen LogP) is 2.41. The molecule has 7 heteroatoms. The maximum atomic E-state index is 11.6. The van der Waals surface area contributed by atoms with Crippen molar-refractivity contribution in [3.05, 3.63) is 36.0 Å². The van der Waals surface area contributed by atoms with Crippen molar-refractivity contribution in [1.82, 2.24) is 9.97 Å². The summed E-state index contributed by atoms with van der Waals surface area (Å²) in [6.45, 7) is 4.47. The lowest BCUT2D eigenvalue weighted by molar-refractivity contribution is 0.456. The van der Waals surface area contributed by atoms with E-state index in [1.54, 1.807) is 18.3 Å². The second kappa shape index (κ2) is 6.09. The number of ether oxygens (including phenoxy) is 1. The zero-order chi connectivity index (χ0) is 15.5. The van der Waals surface area contributed by atoms with E-state index in [1.807, 2.05) is 13.8 Å². The highest BCUT2D eigenvalue weighted by Gasteiger charge is 2.10. The van der Waals surface area contributed by atoms with Gasteiger partial charge in [0, 0.05) is 24.6 Å². The van der Waals surface area contributed by atoms with Crippen molar-refractivity contribution in [3.8, 4) is 11.6 Å². The van der Waals surface area contributed by atoms with Gasteiger partial charge in [0.2, 0.25) is 11.8 Å². The van der Waals surface area contributed by atoms with Crippen LogP contribution in [-0.2, 0) is 9.84 Å². The minimum atomic E-state index is -3.27. The molecule has 0 amide bonds. The molecular formula is C14H17N3O3S. The number of hydrogen-bond acceptors (Lipinski definition) is 6. The molecule has 2 aromatic rings. The molecule has 0 spiro atoms. The molecule has 0 radical (unpaired) electrons. The molecule has 0 fully saturated rings. The van der Waals surface area contributed by atoms with E-state index in [0.29, 0.717) is 24.1 Å². The van der Waals surface area contributed by atoms with Gasteiger partial charge in [0.25, 0.3) is 0 Å². The van der Waals surface area contributed by atoms with Gasteiger partial charge in [-0.1, -0.05) is 6.07 Å². The first-order valence-electron chi connectivity index (χ1n) is 6.45. The Kier molecular flexibility index (Phi) is 4.42. The number of nitrogens with zero attached hydrogens (tertiary/aromatic N) is 2. The average molecular weight is 307 g/mol. The van der Waals surface area contributed by atoms with Gasteiger partial charge in [-0.3, -0.25) is 0 Å². The molecule has 6 nitrogen and oxygen atoms in total. The summed E-state index contributed by atoms with van der Waals surface area (Å²) in [4.78, 5) is 8.59. The van der Waals surface area contributed by atoms with Crippen LogP contribution in [0.3, 0.4) is 0 Å². The van der Waals surface area contributed by atoms with Crippen molar-refractivity contribution in [2.45, 2.75) is 18.7 Å². The van der Waals surface area contributed by atoms with E-state index in [1.165, 1.54) is 12.1 Å². The van der Waals surface area contributed by atoms with Crippen LogP contribution in [0, 0.1) is 6.92 Å². The molecule has 0 aliphatic rings. The summed E-state index contributed by atoms with van der Waals surface area (Å²) < 4.78 is 28.8.